The Balaban J connectivity index is 1.87. The van der Waals surface area contributed by atoms with Crippen molar-refractivity contribution in [3.63, 3.8) is 0 Å². The van der Waals surface area contributed by atoms with Gasteiger partial charge >= 0.3 is 0 Å². The van der Waals surface area contributed by atoms with E-state index in [2.05, 4.69) is 5.32 Å². The van der Waals surface area contributed by atoms with Crippen LogP contribution in [0.4, 0.5) is 15.8 Å². The summed E-state index contributed by atoms with van der Waals surface area (Å²) in [6, 6.07) is 10.9. The van der Waals surface area contributed by atoms with E-state index in [1.807, 2.05) is 0 Å². The van der Waals surface area contributed by atoms with Gasteiger partial charge in [0.15, 0.2) is 9.84 Å². The van der Waals surface area contributed by atoms with Crippen LogP contribution in [0, 0.1) is 5.82 Å². The first-order valence-corrected chi connectivity index (χ1v) is 8.69. The molecule has 0 atom stereocenters. The number of amides is 2. The number of carbonyl (C=O) groups excluding carboxylic acids is 2. The Morgan fingerprint density at radius 1 is 1.12 bits per heavy atom. The summed E-state index contributed by atoms with van der Waals surface area (Å²) in [6.07, 6.45) is 0. The van der Waals surface area contributed by atoms with Gasteiger partial charge in [0.25, 0.3) is 0 Å². The van der Waals surface area contributed by atoms with E-state index in [-0.39, 0.29) is 11.4 Å². The van der Waals surface area contributed by atoms with Gasteiger partial charge in [0.2, 0.25) is 11.8 Å². The Morgan fingerprint density at radius 3 is 2.50 bits per heavy atom. The molecule has 3 rings (SSSR count). The number of benzene rings is 2. The highest BCUT2D eigenvalue weighted by Crippen LogP contribution is 2.29. The summed E-state index contributed by atoms with van der Waals surface area (Å²) in [5.41, 5.74) is 0.887. The fourth-order valence-electron chi connectivity index (χ4n) is 2.42. The average molecular weight is 348 g/mol. The highest BCUT2D eigenvalue weighted by atomic mass is 32.2. The molecular weight excluding hydrogens is 335 g/mol. The molecule has 0 bridgehead atoms. The Kier molecular flexibility index (Phi) is 4.06. The van der Waals surface area contributed by atoms with E-state index < -0.39 is 33.2 Å². The molecule has 0 fully saturated rings. The SMILES string of the molecule is O=C1CN(C(=O)CS(=O)(=O)c2ccc(F)cc2)c2ccccc2N1. The van der Waals surface area contributed by atoms with Crippen molar-refractivity contribution in [1.29, 1.82) is 0 Å². The molecule has 0 radical (unpaired) electrons. The van der Waals surface area contributed by atoms with Gasteiger partial charge in [0.05, 0.1) is 16.3 Å². The number of sulfone groups is 1. The maximum Gasteiger partial charge on any atom is 0.244 e. The molecule has 0 aliphatic carbocycles. The molecule has 2 aromatic rings. The van der Waals surface area contributed by atoms with Crippen molar-refractivity contribution < 1.29 is 22.4 Å². The monoisotopic (exact) mass is 348 g/mol. The molecule has 8 heteroatoms. The zero-order valence-electron chi connectivity index (χ0n) is 12.4. The lowest BCUT2D eigenvalue weighted by Crippen LogP contribution is -2.44. The Hall–Kier alpha value is -2.74. The molecule has 1 aliphatic rings. The van der Waals surface area contributed by atoms with Gasteiger partial charge in [-0.2, -0.15) is 0 Å². The van der Waals surface area contributed by atoms with Crippen LogP contribution in [-0.2, 0) is 19.4 Å². The summed E-state index contributed by atoms with van der Waals surface area (Å²) >= 11 is 0. The van der Waals surface area contributed by atoms with E-state index in [4.69, 9.17) is 0 Å². The number of nitrogens with zero attached hydrogens (tertiary/aromatic N) is 1. The lowest BCUT2D eigenvalue weighted by atomic mass is 10.2. The molecule has 0 saturated carbocycles. The quantitative estimate of drug-likeness (QED) is 0.854. The van der Waals surface area contributed by atoms with Crippen molar-refractivity contribution in [2.75, 3.05) is 22.5 Å². The number of rotatable bonds is 3. The van der Waals surface area contributed by atoms with Gasteiger partial charge in [-0.3, -0.25) is 9.59 Å². The normalized spacial score (nSPS) is 14.0. The van der Waals surface area contributed by atoms with Crippen molar-refractivity contribution in [2.45, 2.75) is 4.90 Å². The Morgan fingerprint density at radius 2 is 1.79 bits per heavy atom. The lowest BCUT2D eigenvalue weighted by molar-refractivity contribution is -0.120. The minimum atomic E-state index is -3.94. The summed E-state index contributed by atoms with van der Waals surface area (Å²) in [4.78, 5) is 25.2. The van der Waals surface area contributed by atoms with E-state index in [9.17, 15) is 22.4 Å². The maximum absolute atomic E-state index is 12.9. The topological polar surface area (TPSA) is 83.6 Å². The first-order chi connectivity index (χ1) is 11.4. The average Bonchev–Trinajstić information content (AvgIpc) is 2.54. The third-order valence-corrected chi connectivity index (χ3v) is 5.18. The molecule has 124 valence electrons. The Labute approximate surface area is 137 Å². The van der Waals surface area contributed by atoms with Crippen LogP contribution >= 0.6 is 0 Å². The van der Waals surface area contributed by atoms with Crippen LogP contribution < -0.4 is 10.2 Å². The van der Waals surface area contributed by atoms with Gasteiger partial charge < -0.3 is 10.2 Å². The van der Waals surface area contributed by atoms with E-state index in [1.54, 1.807) is 24.3 Å². The van der Waals surface area contributed by atoms with Crippen LogP contribution in [0.1, 0.15) is 0 Å². The third-order valence-electron chi connectivity index (χ3n) is 3.56. The summed E-state index contributed by atoms with van der Waals surface area (Å²) < 4.78 is 37.6. The molecule has 0 saturated heterocycles. The van der Waals surface area contributed by atoms with Gasteiger partial charge in [-0.1, -0.05) is 12.1 Å². The van der Waals surface area contributed by atoms with Crippen molar-refractivity contribution in [3.8, 4) is 0 Å². The predicted octanol–water partition coefficient (Wildman–Crippen LogP) is 1.58. The van der Waals surface area contributed by atoms with Crippen LogP contribution in [0.3, 0.4) is 0 Å². The third kappa shape index (κ3) is 3.13. The highest BCUT2D eigenvalue weighted by Gasteiger charge is 2.30. The number of fused-ring (bicyclic) bond motifs is 1. The summed E-state index contributed by atoms with van der Waals surface area (Å²) in [5.74, 6) is -2.50. The number of hydrogen-bond acceptors (Lipinski definition) is 4. The summed E-state index contributed by atoms with van der Waals surface area (Å²) in [6.45, 7) is -0.255. The molecule has 6 nitrogen and oxygen atoms in total. The first-order valence-electron chi connectivity index (χ1n) is 7.04. The number of hydrogen-bond donors (Lipinski definition) is 1. The zero-order chi connectivity index (χ0) is 17.3. The molecule has 1 N–H and O–H groups in total. The van der Waals surface area contributed by atoms with Crippen molar-refractivity contribution in [3.05, 3.63) is 54.3 Å². The molecular formula is C16H13FN2O4S. The number of nitrogens with one attached hydrogen (secondary N) is 1. The van der Waals surface area contributed by atoms with Crippen LogP contribution in [0.25, 0.3) is 0 Å². The van der Waals surface area contributed by atoms with Crippen molar-refractivity contribution in [2.24, 2.45) is 0 Å². The minimum Gasteiger partial charge on any atom is -0.323 e. The molecule has 0 aromatic heterocycles. The van der Waals surface area contributed by atoms with Crippen molar-refractivity contribution >= 4 is 33.0 Å². The number of anilines is 2. The van der Waals surface area contributed by atoms with E-state index >= 15 is 0 Å². The first kappa shape index (κ1) is 16.1. The summed E-state index contributed by atoms with van der Waals surface area (Å²) in [7, 11) is -3.94. The van der Waals surface area contributed by atoms with Crippen LogP contribution in [-0.4, -0.2) is 32.5 Å². The molecule has 24 heavy (non-hydrogen) atoms. The van der Waals surface area contributed by atoms with E-state index in [0.29, 0.717) is 11.4 Å². The van der Waals surface area contributed by atoms with Gasteiger partial charge in [-0.05, 0) is 36.4 Å². The zero-order valence-corrected chi connectivity index (χ0v) is 13.2. The second-order valence-electron chi connectivity index (χ2n) is 5.26. The highest BCUT2D eigenvalue weighted by molar-refractivity contribution is 7.92. The van der Waals surface area contributed by atoms with Crippen LogP contribution in [0.5, 0.6) is 0 Å². The fraction of sp³-hybridized carbons (Fsp3) is 0.125. The Bertz CT molecular complexity index is 910. The van der Waals surface area contributed by atoms with Crippen molar-refractivity contribution in [1.82, 2.24) is 0 Å². The second kappa shape index (κ2) is 6.04. The second-order valence-corrected chi connectivity index (χ2v) is 7.25. The fourth-order valence-corrected chi connectivity index (χ4v) is 3.62. The standard InChI is InChI=1S/C16H13FN2O4S/c17-11-5-7-12(8-6-11)24(22,23)10-16(21)19-9-15(20)18-13-3-1-2-4-14(13)19/h1-8H,9-10H2,(H,18,20). The van der Waals surface area contributed by atoms with Gasteiger partial charge in [0.1, 0.15) is 18.1 Å². The maximum atomic E-state index is 12.9. The molecule has 1 aliphatic heterocycles. The van der Waals surface area contributed by atoms with E-state index in [0.717, 1.165) is 29.2 Å². The lowest BCUT2D eigenvalue weighted by Gasteiger charge is -2.29. The van der Waals surface area contributed by atoms with Gasteiger partial charge in [-0.25, -0.2) is 12.8 Å². The predicted molar refractivity (Wildman–Crippen MR) is 85.9 cm³/mol. The molecule has 1 heterocycles. The smallest absolute Gasteiger partial charge is 0.244 e. The van der Waals surface area contributed by atoms with Gasteiger partial charge in [-0.15, -0.1) is 0 Å². The minimum absolute atomic E-state index is 0.146. The van der Waals surface area contributed by atoms with Gasteiger partial charge in [0, 0.05) is 0 Å². The van der Waals surface area contributed by atoms with Crippen LogP contribution in [0.15, 0.2) is 53.4 Å². The van der Waals surface area contributed by atoms with Crippen LogP contribution in [0.2, 0.25) is 0 Å². The largest absolute Gasteiger partial charge is 0.323 e. The molecule has 0 spiro atoms. The summed E-state index contributed by atoms with van der Waals surface area (Å²) in [5, 5.41) is 2.62. The number of para-hydroxylation sites is 2. The van der Waals surface area contributed by atoms with E-state index in [1.165, 1.54) is 0 Å². The molecule has 2 amide bonds. The molecule has 2 aromatic carbocycles. The molecule has 0 unspecified atom stereocenters. The number of halogens is 1. The number of carbonyl (C=O) groups is 2.